The van der Waals surface area contributed by atoms with E-state index in [0.717, 1.165) is 34.4 Å². The lowest BCUT2D eigenvalue weighted by Gasteiger charge is -2.42. The molecule has 1 unspecified atom stereocenters. The summed E-state index contributed by atoms with van der Waals surface area (Å²) in [5.41, 5.74) is 7.72. The molecule has 4 nitrogen and oxygen atoms in total. The van der Waals surface area contributed by atoms with E-state index in [9.17, 15) is 0 Å². The molecule has 1 saturated carbocycles. The SMILES string of the molecule is COc1ccc(C(N)C2(N(C)C)CCCC2)c(OC)c1Br. The van der Waals surface area contributed by atoms with Crippen molar-refractivity contribution in [2.24, 2.45) is 5.73 Å². The van der Waals surface area contributed by atoms with E-state index in [-0.39, 0.29) is 11.6 Å². The molecule has 1 aromatic rings. The molecule has 0 amide bonds. The highest BCUT2D eigenvalue weighted by Gasteiger charge is 2.43. The zero-order valence-electron chi connectivity index (χ0n) is 13.3. The Morgan fingerprint density at radius 1 is 1.19 bits per heavy atom. The van der Waals surface area contributed by atoms with E-state index in [0.29, 0.717) is 0 Å². The number of halogens is 1. The molecule has 1 aliphatic rings. The van der Waals surface area contributed by atoms with E-state index in [1.807, 2.05) is 12.1 Å². The number of hydrogen-bond acceptors (Lipinski definition) is 4. The molecule has 1 atom stereocenters. The third-order valence-electron chi connectivity index (χ3n) is 4.79. The smallest absolute Gasteiger partial charge is 0.141 e. The first kappa shape index (κ1) is 16.6. The largest absolute Gasteiger partial charge is 0.495 e. The van der Waals surface area contributed by atoms with Crippen LogP contribution in [0.5, 0.6) is 11.5 Å². The lowest BCUT2D eigenvalue weighted by Crippen LogP contribution is -2.50. The molecule has 0 heterocycles. The normalized spacial score (nSPS) is 18.8. The molecule has 0 saturated heterocycles. The number of nitrogens with zero attached hydrogens (tertiary/aromatic N) is 1. The van der Waals surface area contributed by atoms with Crippen LogP contribution in [0.4, 0.5) is 0 Å². The molecule has 1 fully saturated rings. The Morgan fingerprint density at radius 3 is 2.29 bits per heavy atom. The molecular weight excluding hydrogens is 332 g/mol. The summed E-state index contributed by atoms with van der Waals surface area (Å²) >= 11 is 3.56. The quantitative estimate of drug-likeness (QED) is 0.878. The maximum Gasteiger partial charge on any atom is 0.141 e. The second-order valence-corrected chi connectivity index (χ2v) is 6.68. The van der Waals surface area contributed by atoms with Gasteiger partial charge in [-0.25, -0.2) is 0 Å². The third-order valence-corrected chi connectivity index (χ3v) is 5.54. The zero-order chi connectivity index (χ0) is 15.6. The first-order chi connectivity index (χ1) is 9.97. The van der Waals surface area contributed by atoms with Crippen LogP contribution in [0.3, 0.4) is 0 Å². The predicted molar refractivity (Wildman–Crippen MR) is 89.1 cm³/mol. The molecule has 0 bridgehead atoms. The molecule has 118 valence electrons. The number of hydrogen-bond donors (Lipinski definition) is 1. The van der Waals surface area contributed by atoms with Crippen molar-refractivity contribution in [2.75, 3.05) is 28.3 Å². The molecule has 0 radical (unpaired) electrons. The average Bonchev–Trinajstić information content (AvgIpc) is 2.97. The number of benzene rings is 1. The number of likely N-dealkylation sites (N-methyl/N-ethyl adjacent to an activating group) is 1. The number of nitrogens with two attached hydrogens (primary N) is 1. The molecule has 0 aliphatic heterocycles. The maximum atomic E-state index is 6.69. The lowest BCUT2D eigenvalue weighted by molar-refractivity contribution is 0.122. The van der Waals surface area contributed by atoms with Gasteiger partial charge in [0.25, 0.3) is 0 Å². The van der Waals surface area contributed by atoms with Gasteiger partial charge >= 0.3 is 0 Å². The van der Waals surface area contributed by atoms with Gasteiger partial charge in [-0.15, -0.1) is 0 Å². The molecule has 0 spiro atoms. The monoisotopic (exact) mass is 356 g/mol. The molecular formula is C16H25BrN2O2. The second kappa shape index (κ2) is 6.55. The second-order valence-electron chi connectivity index (χ2n) is 5.89. The Kier molecular flexibility index (Phi) is 5.17. The Balaban J connectivity index is 2.47. The van der Waals surface area contributed by atoms with Gasteiger partial charge < -0.3 is 20.1 Å². The van der Waals surface area contributed by atoms with E-state index in [1.54, 1.807) is 14.2 Å². The average molecular weight is 357 g/mol. The minimum atomic E-state index is -0.0906. The highest BCUT2D eigenvalue weighted by molar-refractivity contribution is 9.10. The summed E-state index contributed by atoms with van der Waals surface area (Å²) in [5, 5.41) is 0. The fraction of sp³-hybridized carbons (Fsp3) is 0.625. The topological polar surface area (TPSA) is 47.7 Å². The van der Waals surface area contributed by atoms with Crippen LogP contribution in [0.2, 0.25) is 0 Å². The fourth-order valence-electron chi connectivity index (χ4n) is 3.48. The first-order valence-electron chi connectivity index (χ1n) is 7.31. The maximum absolute atomic E-state index is 6.69. The van der Waals surface area contributed by atoms with Crippen LogP contribution in [0.1, 0.15) is 37.3 Å². The highest BCUT2D eigenvalue weighted by atomic mass is 79.9. The number of rotatable bonds is 5. The molecule has 5 heteroatoms. The van der Waals surface area contributed by atoms with Gasteiger partial charge in [0.15, 0.2) is 0 Å². The summed E-state index contributed by atoms with van der Waals surface area (Å²) in [6, 6.07) is 3.88. The van der Waals surface area contributed by atoms with Crippen molar-refractivity contribution in [3.8, 4) is 11.5 Å². The van der Waals surface area contributed by atoms with Crippen LogP contribution < -0.4 is 15.2 Å². The third kappa shape index (κ3) is 2.79. The molecule has 2 rings (SSSR count). The Labute approximate surface area is 135 Å². The van der Waals surface area contributed by atoms with Crippen LogP contribution in [0, 0.1) is 0 Å². The van der Waals surface area contributed by atoms with E-state index in [2.05, 4.69) is 34.9 Å². The van der Waals surface area contributed by atoms with Gasteiger partial charge in [-0.1, -0.05) is 12.8 Å². The van der Waals surface area contributed by atoms with Gasteiger partial charge in [0.2, 0.25) is 0 Å². The van der Waals surface area contributed by atoms with Crippen molar-refractivity contribution in [3.63, 3.8) is 0 Å². The minimum Gasteiger partial charge on any atom is -0.495 e. The van der Waals surface area contributed by atoms with E-state index in [4.69, 9.17) is 15.2 Å². The lowest BCUT2D eigenvalue weighted by atomic mass is 9.82. The predicted octanol–water partition coefficient (Wildman–Crippen LogP) is 3.34. The Hall–Kier alpha value is -0.780. The van der Waals surface area contributed by atoms with E-state index >= 15 is 0 Å². The van der Waals surface area contributed by atoms with E-state index < -0.39 is 0 Å². The minimum absolute atomic E-state index is 0.00130. The van der Waals surface area contributed by atoms with Crippen LogP contribution in [0.25, 0.3) is 0 Å². The number of methoxy groups -OCH3 is 2. The summed E-state index contributed by atoms with van der Waals surface area (Å²) in [5.74, 6) is 1.53. The van der Waals surface area contributed by atoms with Gasteiger partial charge in [0.1, 0.15) is 16.0 Å². The molecule has 1 aliphatic carbocycles. The highest BCUT2D eigenvalue weighted by Crippen LogP contribution is 2.47. The fourth-order valence-corrected chi connectivity index (χ4v) is 4.16. The van der Waals surface area contributed by atoms with Crippen molar-refractivity contribution in [1.82, 2.24) is 4.90 Å². The van der Waals surface area contributed by atoms with Crippen LogP contribution in [-0.4, -0.2) is 38.8 Å². The summed E-state index contributed by atoms with van der Waals surface area (Å²) < 4.78 is 11.8. The van der Waals surface area contributed by atoms with Crippen LogP contribution in [-0.2, 0) is 0 Å². The molecule has 21 heavy (non-hydrogen) atoms. The van der Waals surface area contributed by atoms with Crippen molar-refractivity contribution >= 4 is 15.9 Å². The molecule has 1 aromatic carbocycles. The standard InChI is InChI=1S/C16H25BrN2O2/c1-19(2)16(9-5-6-10-16)15(18)11-7-8-12(20-3)13(17)14(11)21-4/h7-8,15H,5-6,9-10,18H2,1-4H3. The molecule has 0 aromatic heterocycles. The van der Waals surface area contributed by atoms with Gasteiger partial charge in [0.05, 0.1) is 20.3 Å². The summed E-state index contributed by atoms with van der Waals surface area (Å²) in [4.78, 5) is 2.28. The Bertz CT molecular complexity index is 499. The summed E-state index contributed by atoms with van der Waals surface area (Å²) in [6.45, 7) is 0. The first-order valence-corrected chi connectivity index (χ1v) is 8.10. The Morgan fingerprint density at radius 2 is 1.81 bits per heavy atom. The van der Waals surface area contributed by atoms with Crippen LogP contribution >= 0.6 is 15.9 Å². The van der Waals surface area contributed by atoms with Crippen molar-refractivity contribution in [3.05, 3.63) is 22.2 Å². The van der Waals surface area contributed by atoms with E-state index in [1.165, 1.54) is 12.8 Å². The van der Waals surface area contributed by atoms with Gasteiger partial charge in [-0.2, -0.15) is 0 Å². The van der Waals surface area contributed by atoms with Crippen LogP contribution in [0.15, 0.2) is 16.6 Å². The van der Waals surface area contributed by atoms with Gasteiger partial charge in [-0.05, 0) is 55.0 Å². The molecule has 2 N–H and O–H groups in total. The summed E-state index contributed by atoms with van der Waals surface area (Å²) in [6.07, 6.45) is 4.69. The van der Waals surface area contributed by atoms with Crippen molar-refractivity contribution in [1.29, 1.82) is 0 Å². The zero-order valence-corrected chi connectivity index (χ0v) is 14.9. The number of ether oxygens (including phenoxy) is 2. The van der Waals surface area contributed by atoms with Crippen molar-refractivity contribution in [2.45, 2.75) is 37.3 Å². The van der Waals surface area contributed by atoms with Gasteiger partial charge in [-0.3, -0.25) is 0 Å². The van der Waals surface area contributed by atoms with Gasteiger partial charge in [0, 0.05) is 11.1 Å². The summed E-state index contributed by atoms with van der Waals surface area (Å²) in [7, 11) is 7.57. The van der Waals surface area contributed by atoms with Crippen molar-refractivity contribution < 1.29 is 9.47 Å².